The van der Waals surface area contributed by atoms with Crippen LogP contribution in [0, 0.1) is 12.0 Å². The molecule has 1 rings (SSSR count). The van der Waals surface area contributed by atoms with E-state index in [0.717, 1.165) is 0 Å². The van der Waals surface area contributed by atoms with E-state index < -0.39 is 23.2 Å². The molecule has 1 aromatic rings. The van der Waals surface area contributed by atoms with E-state index in [1.807, 2.05) is 0 Å². The molecule has 0 aliphatic heterocycles. The first kappa shape index (κ1) is 10.3. The van der Waals surface area contributed by atoms with Crippen LogP contribution >= 0.6 is 11.8 Å². The Morgan fingerprint density at radius 3 is 2.38 bits per heavy atom. The Hall–Kier alpha value is -0.790. The molecule has 8 heteroatoms. The maximum absolute atomic E-state index is 12.5. The summed E-state index contributed by atoms with van der Waals surface area (Å²) < 4.78 is 59.7. The van der Waals surface area contributed by atoms with Crippen molar-refractivity contribution in [3.8, 4) is 0 Å². The molecule has 0 bridgehead atoms. The van der Waals surface area contributed by atoms with E-state index in [-0.39, 0.29) is 16.4 Å². The summed E-state index contributed by atoms with van der Waals surface area (Å²) in [6.07, 6.45) is 1.54. The fourth-order valence-electron chi connectivity index (χ4n) is 0.614. The van der Waals surface area contributed by atoms with E-state index in [4.69, 9.17) is 0 Å². The lowest BCUT2D eigenvalue weighted by molar-refractivity contribution is 0.0462. The average Bonchev–Trinajstić information content (AvgIpc) is 2.32. The summed E-state index contributed by atoms with van der Waals surface area (Å²) in [6, 6.07) is 0. The predicted octanol–water partition coefficient (Wildman–Crippen LogP) is 2.53. The number of thioether (sulfide) groups is 1. The first-order valence-electron chi connectivity index (χ1n) is 2.91. The van der Waals surface area contributed by atoms with Crippen LogP contribution in [0.1, 0.15) is 6.55 Å². The number of nitrogens with zero attached hydrogens (tertiary/aromatic N) is 2. The highest BCUT2D eigenvalue weighted by molar-refractivity contribution is 7.99. The summed E-state index contributed by atoms with van der Waals surface area (Å²) in [5.74, 6) is -4.28. The summed E-state index contributed by atoms with van der Waals surface area (Å²) in [5.41, 5.74) is 0. The SMILES string of the molecule is Fc1[c]nn(C(F)F)c1SC(F)F. The van der Waals surface area contributed by atoms with Gasteiger partial charge < -0.3 is 0 Å². The van der Waals surface area contributed by atoms with E-state index in [0.29, 0.717) is 0 Å². The third-order valence-electron chi connectivity index (χ3n) is 1.04. The number of hydrogen-bond acceptors (Lipinski definition) is 2. The van der Waals surface area contributed by atoms with Gasteiger partial charge in [-0.05, 0) is 11.8 Å². The van der Waals surface area contributed by atoms with Crippen LogP contribution in [0.15, 0.2) is 5.03 Å². The molecule has 0 atom stereocenters. The molecule has 1 aromatic heterocycles. The summed E-state index contributed by atoms with van der Waals surface area (Å²) in [4.78, 5) is 0. The van der Waals surface area contributed by atoms with Crippen molar-refractivity contribution in [2.45, 2.75) is 17.3 Å². The van der Waals surface area contributed by atoms with Crippen molar-refractivity contribution in [2.24, 2.45) is 0 Å². The molecule has 1 radical (unpaired) electrons. The Morgan fingerprint density at radius 1 is 1.31 bits per heavy atom. The molecule has 0 saturated carbocycles. The smallest absolute Gasteiger partial charge is 0.201 e. The van der Waals surface area contributed by atoms with Crippen molar-refractivity contribution < 1.29 is 22.0 Å². The lowest BCUT2D eigenvalue weighted by Crippen LogP contribution is -2.03. The van der Waals surface area contributed by atoms with E-state index in [1.165, 1.54) is 6.20 Å². The van der Waals surface area contributed by atoms with Gasteiger partial charge in [0.25, 0.3) is 5.76 Å². The van der Waals surface area contributed by atoms with Gasteiger partial charge in [-0.2, -0.15) is 27.3 Å². The molecule has 13 heavy (non-hydrogen) atoms. The molecular formula is C5H2F5N2S. The van der Waals surface area contributed by atoms with Crippen molar-refractivity contribution in [2.75, 3.05) is 0 Å². The minimum Gasteiger partial charge on any atom is -0.201 e. The zero-order valence-electron chi connectivity index (χ0n) is 5.85. The Kier molecular flexibility index (Phi) is 3.12. The molecule has 2 nitrogen and oxygen atoms in total. The zero-order chi connectivity index (χ0) is 10.0. The van der Waals surface area contributed by atoms with E-state index >= 15 is 0 Å². The number of alkyl halides is 4. The Balaban J connectivity index is 2.94. The lowest BCUT2D eigenvalue weighted by Gasteiger charge is -2.03. The van der Waals surface area contributed by atoms with Crippen molar-refractivity contribution >= 4 is 11.8 Å². The normalized spacial score (nSPS) is 11.6. The first-order valence-corrected chi connectivity index (χ1v) is 3.79. The minimum atomic E-state index is -3.15. The standard InChI is InChI=1S/C5H2F5N2S/c6-2-1-11-12(4(7)8)3(2)13-5(9)10/h4-5H. The van der Waals surface area contributed by atoms with Crippen LogP contribution in [0.5, 0.6) is 0 Å². The molecule has 0 aliphatic rings. The van der Waals surface area contributed by atoms with Gasteiger partial charge in [0.15, 0.2) is 12.0 Å². The topological polar surface area (TPSA) is 17.8 Å². The second-order valence-electron chi connectivity index (χ2n) is 1.83. The molecule has 73 valence electrons. The first-order chi connectivity index (χ1) is 6.02. The second-order valence-corrected chi connectivity index (χ2v) is 2.81. The third-order valence-corrected chi connectivity index (χ3v) is 1.81. The number of aromatic nitrogens is 2. The van der Waals surface area contributed by atoms with Gasteiger partial charge in [0.2, 0.25) is 0 Å². The van der Waals surface area contributed by atoms with Gasteiger partial charge in [-0.25, -0.2) is 4.39 Å². The molecular weight excluding hydrogens is 215 g/mol. The highest BCUT2D eigenvalue weighted by Crippen LogP contribution is 2.29. The van der Waals surface area contributed by atoms with Crippen LogP contribution in [0.4, 0.5) is 22.0 Å². The van der Waals surface area contributed by atoms with Crippen LogP contribution in [-0.4, -0.2) is 15.5 Å². The quantitative estimate of drug-likeness (QED) is 0.572. The molecule has 0 aliphatic carbocycles. The molecule has 0 spiro atoms. The molecule has 0 N–H and O–H groups in total. The minimum absolute atomic E-state index is 0.147. The lowest BCUT2D eigenvalue weighted by atomic mass is 10.7. The fraction of sp³-hybridized carbons (Fsp3) is 0.400. The number of halogens is 5. The maximum atomic E-state index is 12.5. The molecule has 1 heterocycles. The fourth-order valence-corrected chi connectivity index (χ4v) is 1.16. The van der Waals surface area contributed by atoms with Crippen molar-refractivity contribution in [3.05, 3.63) is 12.0 Å². The summed E-state index contributed by atoms with van der Waals surface area (Å²) in [5, 5.41) is 1.87. The van der Waals surface area contributed by atoms with Crippen LogP contribution in [0.25, 0.3) is 0 Å². The molecule has 0 saturated heterocycles. The van der Waals surface area contributed by atoms with E-state index in [1.54, 1.807) is 0 Å². The third kappa shape index (κ3) is 2.33. The number of rotatable bonds is 3. The predicted molar refractivity (Wildman–Crippen MR) is 34.1 cm³/mol. The summed E-state index contributed by atoms with van der Waals surface area (Å²) in [6.45, 7) is -3.15. The van der Waals surface area contributed by atoms with Crippen molar-refractivity contribution in [3.63, 3.8) is 0 Å². The van der Waals surface area contributed by atoms with Crippen LogP contribution in [0.2, 0.25) is 0 Å². The average molecular weight is 217 g/mol. The largest absolute Gasteiger partial charge is 0.334 e. The summed E-state index contributed by atoms with van der Waals surface area (Å²) >= 11 is -0.332. The molecule has 0 unspecified atom stereocenters. The maximum Gasteiger partial charge on any atom is 0.334 e. The van der Waals surface area contributed by atoms with E-state index in [2.05, 4.69) is 5.10 Å². The van der Waals surface area contributed by atoms with Crippen molar-refractivity contribution in [1.82, 2.24) is 9.78 Å². The monoisotopic (exact) mass is 217 g/mol. The second kappa shape index (κ2) is 3.95. The molecule has 0 fully saturated rings. The Morgan fingerprint density at radius 2 is 1.92 bits per heavy atom. The van der Waals surface area contributed by atoms with Gasteiger partial charge in [-0.15, -0.1) is 0 Å². The Bertz CT molecular complexity index is 286. The summed E-state index contributed by atoms with van der Waals surface area (Å²) in [7, 11) is 0. The molecule has 0 aromatic carbocycles. The van der Waals surface area contributed by atoms with Crippen LogP contribution in [-0.2, 0) is 0 Å². The molecule has 0 amide bonds. The van der Waals surface area contributed by atoms with Crippen LogP contribution in [0.3, 0.4) is 0 Å². The van der Waals surface area contributed by atoms with E-state index in [9.17, 15) is 22.0 Å². The van der Waals surface area contributed by atoms with Gasteiger partial charge in [0.05, 0.1) is 0 Å². The number of hydrogen-bond donors (Lipinski definition) is 0. The Labute approximate surface area is 73.7 Å². The van der Waals surface area contributed by atoms with Gasteiger partial charge in [0.1, 0.15) is 5.03 Å². The van der Waals surface area contributed by atoms with Gasteiger partial charge in [0, 0.05) is 0 Å². The highest BCUT2D eigenvalue weighted by Gasteiger charge is 2.21. The van der Waals surface area contributed by atoms with Crippen molar-refractivity contribution in [1.29, 1.82) is 0 Å². The zero-order valence-corrected chi connectivity index (χ0v) is 6.66. The highest BCUT2D eigenvalue weighted by atomic mass is 32.2. The van der Waals surface area contributed by atoms with Crippen LogP contribution < -0.4 is 0 Å². The van der Waals surface area contributed by atoms with Gasteiger partial charge >= 0.3 is 6.55 Å². The van der Waals surface area contributed by atoms with Gasteiger partial charge in [-0.3, -0.25) is 0 Å². The van der Waals surface area contributed by atoms with Gasteiger partial charge in [-0.1, -0.05) is 0 Å².